The van der Waals surface area contributed by atoms with Gasteiger partial charge < -0.3 is 15.0 Å². The van der Waals surface area contributed by atoms with Gasteiger partial charge in [0.05, 0.1) is 11.8 Å². The molecule has 0 amide bonds. The standard InChI is InChI=1S/C17H22N4O/c1-21(2)14-7-5-13(6-8-14)16-10-17(20-12-19-16)18-11-15-4-3-9-22-15/h5-8,10,12,15H,3-4,9,11H2,1-2H3,(H,18,19,20). The van der Waals surface area contributed by atoms with Gasteiger partial charge in [-0.2, -0.15) is 0 Å². The van der Waals surface area contributed by atoms with Crippen LogP contribution in [-0.2, 0) is 4.74 Å². The molecule has 5 heteroatoms. The lowest BCUT2D eigenvalue weighted by molar-refractivity contribution is 0.120. The summed E-state index contributed by atoms with van der Waals surface area (Å²) in [6, 6.07) is 10.3. The molecule has 1 saturated heterocycles. The Labute approximate surface area is 131 Å². The second-order valence-electron chi connectivity index (χ2n) is 5.75. The van der Waals surface area contributed by atoms with Gasteiger partial charge in [-0.3, -0.25) is 0 Å². The van der Waals surface area contributed by atoms with Gasteiger partial charge in [0.1, 0.15) is 12.1 Å². The fourth-order valence-electron chi connectivity index (χ4n) is 2.57. The molecule has 0 saturated carbocycles. The van der Waals surface area contributed by atoms with Crippen molar-refractivity contribution in [3.05, 3.63) is 36.7 Å². The van der Waals surface area contributed by atoms with Crippen LogP contribution >= 0.6 is 0 Å². The van der Waals surface area contributed by atoms with Gasteiger partial charge in [0.25, 0.3) is 0 Å². The predicted molar refractivity (Wildman–Crippen MR) is 89.3 cm³/mol. The molecular weight excluding hydrogens is 276 g/mol. The van der Waals surface area contributed by atoms with E-state index in [0.717, 1.165) is 43.1 Å². The summed E-state index contributed by atoms with van der Waals surface area (Å²) in [4.78, 5) is 10.7. The summed E-state index contributed by atoms with van der Waals surface area (Å²) in [5.74, 6) is 0.845. The van der Waals surface area contributed by atoms with Crippen molar-refractivity contribution in [3.8, 4) is 11.3 Å². The van der Waals surface area contributed by atoms with Crippen LogP contribution in [0.25, 0.3) is 11.3 Å². The molecule has 0 spiro atoms. The van der Waals surface area contributed by atoms with E-state index in [-0.39, 0.29) is 0 Å². The van der Waals surface area contributed by atoms with Crippen molar-refractivity contribution in [1.29, 1.82) is 0 Å². The summed E-state index contributed by atoms with van der Waals surface area (Å²) < 4.78 is 5.61. The topological polar surface area (TPSA) is 50.3 Å². The highest BCUT2D eigenvalue weighted by molar-refractivity contribution is 5.65. The zero-order valence-corrected chi connectivity index (χ0v) is 13.1. The molecule has 1 aliphatic rings. The molecule has 0 bridgehead atoms. The Morgan fingerprint density at radius 3 is 2.73 bits per heavy atom. The molecule has 5 nitrogen and oxygen atoms in total. The molecule has 0 radical (unpaired) electrons. The van der Waals surface area contributed by atoms with E-state index in [9.17, 15) is 0 Å². The fraction of sp³-hybridized carbons (Fsp3) is 0.412. The molecule has 1 aliphatic heterocycles. The summed E-state index contributed by atoms with van der Waals surface area (Å²) in [5.41, 5.74) is 3.19. The molecule has 1 unspecified atom stereocenters. The predicted octanol–water partition coefficient (Wildman–Crippen LogP) is 2.80. The van der Waals surface area contributed by atoms with Crippen LogP contribution in [0.3, 0.4) is 0 Å². The highest BCUT2D eigenvalue weighted by Gasteiger charge is 2.15. The lowest BCUT2D eigenvalue weighted by Gasteiger charge is -2.13. The minimum absolute atomic E-state index is 0.304. The van der Waals surface area contributed by atoms with Gasteiger partial charge in [0, 0.05) is 44.6 Å². The van der Waals surface area contributed by atoms with E-state index in [2.05, 4.69) is 44.5 Å². The van der Waals surface area contributed by atoms with Gasteiger partial charge in [-0.1, -0.05) is 12.1 Å². The van der Waals surface area contributed by atoms with Crippen LogP contribution in [-0.4, -0.2) is 43.3 Å². The quantitative estimate of drug-likeness (QED) is 0.920. The average Bonchev–Trinajstić information content (AvgIpc) is 3.07. The molecule has 2 aromatic rings. The summed E-state index contributed by atoms with van der Waals surface area (Å²) in [6.07, 6.45) is 4.18. The molecule has 1 fully saturated rings. The number of nitrogens with zero attached hydrogens (tertiary/aromatic N) is 3. The average molecular weight is 298 g/mol. The Morgan fingerprint density at radius 1 is 1.23 bits per heavy atom. The first-order valence-electron chi connectivity index (χ1n) is 7.67. The Balaban J connectivity index is 1.69. The Hall–Kier alpha value is -2.14. The number of ether oxygens (including phenoxy) is 1. The summed E-state index contributed by atoms with van der Waals surface area (Å²) in [5, 5.41) is 3.34. The monoisotopic (exact) mass is 298 g/mol. The highest BCUT2D eigenvalue weighted by Crippen LogP contribution is 2.22. The van der Waals surface area contributed by atoms with Crippen molar-refractivity contribution in [2.45, 2.75) is 18.9 Å². The van der Waals surface area contributed by atoms with E-state index < -0.39 is 0 Å². The number of aromatic nitrogens is 2. The Bertz CT molecular complexity index is 606. The van der Waals surface area contributed by atoms with Gasteiger partial charge in [0.15, 0.2) is 0 Å². The summed E-state index contributed by atoms with van der Waals surface area (Å²) >= 11 is 0. The van der Waals surface area contributed by atoms with Gasteiger partial charge in [-0.05, 0) is 25.0 Å². The molecule has 116 valence electrons. The zero-order valence-electron chi connectivity index (χ0n) is 13.1. The maximum Gasteiger partial charge on any atom is 0.130 e. The van der Waals surface area contributed by atoms with E-state index in [1.54, 1.807) is 6.33 Å². The minimum atomic E-state index is 0.304. The van der Waals surface area contributed by atoms with Gasteiger partial charge in [-0.15, -0.1) is 0 Å². The van der Waals surface area contributed by atoms with Crippen LogP contribution in [0.2, 0.25) is 0 Å². The number of hydrogen-bond donors (Lipinski definition) is 1. The van der Waals surface area contributed by atoms with E-state index in [4.69, 9.17) is 4.74 Å². The van der Waals surface area contributed by atoms with Crippen LogP contribution < -0.4 is 10.2 Å². The van der Waals surface area contributed by atoms with Crippen molar-refractivity contribution in [3.63, 3.8) is 0 Å². The maximum atomic E-state index is 5.61. The minimum Gasteiger partial charge on any atom is -0.378 e. The number of benzene rings is 1. The second-order valence-corrected chi connectivity index (χ2v) is 5.75. The second kappa shape index (κ2) is 6.75. The molecule has 1 atom stereocenters. The van der Waals surface area contributed by atoms with Crippen molar-refractivity contribution in [2.24, 2.45) is 0 Å². The summed E-state index contributed by atoms with van der Waals surface area (Å²) in [7, 11) is 4.07. The third-order valence-corrected chi connectivity index (χ3v) is 3.88. The Kier molecular flexibility index (Phi) is 4.53. The maximum absolute atomic E-state index is 5.61. The Morgan fingerprint density at radius 2 is 2.05 bits per heavy atom. The normalized spacial score (nSPS) is 17.5. The van der Waals surface area contributed by atoms with Crippen LogP contribution in [0.15, 0.2) is 36.7 Å². The third kappa shape index (κ3) is 3.54. The first-order valence-corrected chi connectivity index (χ1v) is 7.67. The third-order valence-electron chi connectivity index (χ3n) is 3.88. The first kappa shape index (κ1) is 14.8. The van der Waals surface area contributed by atoms with Crippen molar-refractivity contribution < 1.29 is 4.74 Å². The van der Waals surface area contributed by atoms with Crippen LogP contribution in [0.5, 0.6) is 0 Å². The van der Waals surface area contributed by atoms with E-state index in [1.807, 2.05) is 20.2 Å². The van der Waals surface area contributed by atoms with E-state index >= 15 is 0 Å². The number of anilines is 2. The molecule has 22 heavy (non-hydrogen) atoms. The molecular formula is C17H22N4O. The molecule has 0 aliphatic carbocycles. The number of hydrogen-bond acceptors (Lipinski definition) is 5. The lowest BCUT2D eigenvalue weighted by Crippen LogP contribution is -2.18. The fourth-order valence-corrected chi connectivity index (χ4v) is 2.57. The number of rotatable bonds is 5. The lowest BCUT2D eigenvalue weighted by atomic mass is 10.1. The first-order chi connectivity index (χ1) is 10.7. The van der Waals surface area contributed by atoms with Crippen LogP contribution in [0.4, 0.5) is 11.5 Å². The molecule has 1 aromatic carbocycles. The van der Waals surface area contributed by atoms with Gasteiger partial charge >= 0.3 is 0 Å². The molecule has 3 rings (SSSR count). The van der Waals surface area contributed by atoms with E-state index in [1.165, 1.54) is 5.69 Å². The van der Waals surface area contributed by atoms with Crippen LogP contribution in [0, 0.1) is 0 Å². The van der Waals surface area contributed by atoms with Gasteiger partial charge in [-0.25, -0.2) is 9.97 Å². The molecule has 2 heterocycles. The zero-order chi connectivity index (χ0) is 15.4. The summed E-state index contributed by atoms with van der Waals surface area (Å²) in [6.45, 7) is 1.68. The SMILES string of the molecule is CN(C)c1ccc(-c2cc(NCC3CCCO3)ncn2)cc1. The number of nitrogens with one attached hydrogen (secondary N) is 1. The highest BCUT2D eigenvalue weighted by atomic mass is 16.5. The van der Waals surface area contributed by atoms with Crippen LogP contribution in [0.1, 0.15) is 12.8 Å². The van der Waals surface area contributed by atoms with Gasteiger partial charge in [0.2, 0.25) is 0 Å². The largest absolute Gasteiger partial charge is 0.378 e. The molecule has 1 aromatic heterocycles. The van der Waals surface area contributed by atoms with Crippen molar-refractivity contribution >= 4 is 11.5 Å². The smallest absolute Gasteiger partial charge is 0.130 e. The van der Waals surface area contributed by atoms with E-state index in [0.29, 0.717) is 6.10 Å². The van der Waals surface area contributed by atoms with Crippen molar-refractivity contribution in [1.82, 2.24) is 9.97 Å². The van der Waals surface area contributed by atoms with Crippen molar-refractivity contribution in [2.75, 3.05) is 37.5 Å². The molecule has 1 N–H and O–H groups in total.